The monoisotopic (exact) mass is 363 g/mol. The molecule has 2 aromatic carbocycles. The highest BCUT2D eigenvalue weighted by atomic mass is 35.5. The van der Waals surface area contributed by atoms with Gasteiger partial charge in [0.1, 0.15) is 0 Å². The van der Waals surface area contributed by atoms with Crippen molar-refractivity contribution in [2.24, 2.45) is 0 Å². The molecule has 2 aromatic rings. The number of carbonyl (C=O) groups is 1. The normalized spacial score (nSPS) is 19.2. The minimum Gasteiger partial charge on any atom is -0.304 e. The predicted octanol–water partition coefficient (Wildman–Crippen LogP) is 3.48. The van der Waals surface area contributed by atoms with E-state index >= 15 is 0 Å². The third kappa shape index (κ3) is 3.32. The molecule has 4 nitrogen and oxygen atoms in total. The van der Waals surface area contributed by atoms with Gasteiger partial charge in [-0.15, -0.1) is 0 Å². The van der Waals surface area contributed by atoms with E-state index in [1.54, 1.807) is 41.3 Å². The number of benzene rings is 2. The van der Waals surface area contributed by atoms with Gasteiger partial charge in [0.05, 0.1) is 17.5 Å². The van der Waals surface area contributed by atoms with E-state index in [1.165, 1.54) is 0 Å². The van der Waals surface area contributed by atoms with Crippen LogP contribution in [-0.4, -0.2) is 31.9 Å². The van der Waals surface area contributed by atoms with Gasteiger partial charge in [0.25, 0.3) is 5.91 Å². The molecule has 1 fully saturated rings. The summed E-state index contributed by atoms with van der Waals surface area (Å²) in [6.45, 7) is 1.84. The maximum Gasteiger partial charge on any atom is 0.258 e. The van der Waals surface area contributed by atoms with Crippen molar-refractivity contribution in [3.8, 4) is 0 Å². The first-order valence-electron chi connectivity index (χ1n) is 7.73. The Hall–Kier alpha value is -1.85. The van der Waals surface area contributed by atoms with Crippen LogP contribution in [0, 0.1) is 6.92 Å². The minimum absolute atomic E-state index is 0.0163. The Morgan fingerprint density at radius 2 is 1.83 bits per heavy atom. The fourth-order valence-corrected chi connectivity index (χ4v) is 4.90. The molecule has 1 atom stereocenters. The maximum atomic E-state index is 13.1. The van der Waals surface area contributed by atoms with Crippen molar-refractivity contribution < 1.29 is 13.2 Å². The zero-order valence-electron chi connectivity index (χ0n) is 13.3. The zero-order chi connectivity index (χ0) is 17.3. The molecule has 24 heavy (non-hydrogen) atoms. The lowest BCUT2D eigenvalue weighted by Gasteiger charge is -2.30. The highest BCUT2D eigenvalue weighted by Crippen LogP contribution is 2.32. The number of nitrogens with zero attached hydrogens (tertiary/aromatic N) is 1. The second-order valence-electron chi connectivity index (χ2n) is 5.98. The highest BCUT2D eigenvalue weighted by molar-refractivity contribution is 7.91. The number of sulfone groups is 1. The molecule has 1 heterocycles. The molecule has 0 N–H and O–H groups in total. The molecule has 1 saturated heterocycles. The van der Waals surface area contributed by atoms with Crippen LogP contribution >= 0.6 is 11.6 Å². The first-order valence-corrected chi connectivity index (χ1v) is 9.93. The molecule has 0 saturated carbocycles. The largest absolute Gasteiger partial charge is 0.304 e. The van der Waals surface area contributed by atoms with E-state index in [-0.39, 0.29) is 23.5 Å². The van der Waals surface area contributed by atoms with E-state index in [0.29, 0.717) is 22.7 Å². The van der Waals surface area contributed by atoms with Crippen LogP contribution in [0.2, 0.25) is 5.02 Å². The van der Waals surface area contributed by atoms with Crippen molar-refractivity contribution in [3.05, 3.63) is 64.7 Å². The number of hydrogen-bond acceptors (Lipinski definition) is 3. The van der Waals surface area contributed by atoms with Crippen molar-refractivity contribution in [2.45, 2.75) is 19.4 Å². The van der Waals surface area contributed by atoms with E-state index in [9.17, 15) is 13.2 Å². The molecule has 1 aliphatic heterocycles. The number of rotatable bonds is 3. The molecule has 0 spiro atoms. The van der Waals surface area contributed by atoms with Crippen LogP contribution in [0.25, 0.3) is 0 Å². The third-order valence-electron chi connectivity index (χ3n) is 4.31. The summed E-state index contributed by atoms with van der Waals surface area (Å²) in [5.41, 5.74) is 1.97. The molecule has 0 radical (unpaired) electrons. The van der Waals surface area contributed by atoms with Gasteiger partial charge in [-0.25, -0.2) is 8.42 Å². The molecule has 1 aliphatic rings. The van der Waals surface area contributed by atoms with Gasteiger partial charge in [-0.3, -0.25) is 4.79 Å². The van der Waals surface area contributed by atoms with Crippen molar-refractivity contribution in [2.75, 3.05) is 16.4 Å². The van der Waals surface area contributed by atoms with Crippen LogP contribution in [0.3, 0.4) is 0 Å². The van der Waals surface area contributed by atoms with Gasteiger partial charge in [-0.1, -0.05) is 35.9 Å². The first kappa shape index (κ1) is 17.0. The summed E-state index contributed by atoms with van der Waals surface area (Å²) in [4.78, 5) is 14.7. The standard InChI is InChI=1S/C18H18ClNO3S/c1-13-16(19)8-5-9-17(13)20(15-10-11-24(22,23)12-15)18(21)14-6-3-2-4-7-14/h2-9,15H,10-12H2,1H3. The molecule has 1 unspecified atom stereocenters. The van der Waals surface area contributed by atoms with Gasteiger partial charge in [0, 0.05) is 16.3 Å². The van der Waals surface area contributed by atoms with Crippen molar-refractivity contribution in [1.29, 1.82) is 0 Å². The molecule has 1 amide bonds. The van der Waals surface area contributed by atoms with Crippen LogP contribution in [-0.2, 0) is 9.84 Å². The minimum atomic E-state index is -3.11. The summed E-state index contributed by atoms with van der Waals surface area (Å²) in [5.74, 6) is -0.115. The third-order valence-corrected chi connectivity index (χ3v) is 6.47. The number of carbonyl (C=O) groups excluding carboxylic acids is 1. The Labute approximate surface area is 147 Å². The van der Waals surface area contributed by atoms with Gasteiger partial charge >= 0.3 is 0 Å². The Bertz CT molecular complexity index is 865. The summed E-state index contributed by atoms with van der Waals surface area (Å²) >= 11 is 6.22. The predicted molar refractivity (Wildman–Crippen MR) is 96.5 cm³/mol. The smallest absolute Gasteiger partial charge is 0.258 e. The number of hydrogen-bond donors (Lipinski definition) is 0. The Balaban J connectivity index is 2.08. The lowest BCUT2D eigenvalue weighted by molar-refractivity contribution is 0.0979. The topological polar surface area (TPSA) is 54.5 Å². The second-order valence-corrected chi connectivity index (χ2v) is 8.62. The van der Waals surface area contributed by atoms with Crippen LogP contribution in [0.1, 0.15) is 22.3 Å². The average Bonchev–Trinajstić information content (AvgIpc) is 2.92. The lowest BCUT2D eigenvalue weighted by atomic mass is 10.1. The van der Waals surface area contributed by atoms with E-state index in [1.807, 2.05) is 19.1 Å². The van der Waals surface area contributed by atoms with Gasteiger partial charge < -0.3 is 4.90 Å². The van der Waals surface area contributed by atoms with Crippen LogP contribution < -0.4 is 4.90 Å². The second kappa shape index (κ2) is 6.57. The quantitative estimate of drug-likeness (QED) is 0.838. The summed E-state index contributed by atoms with van der Waals surface area (Å²) in [5, 5.41) is 0.555. The summed E-state index contributed by atoms with van der Waals surface area (Å²) in [6, 6.07) is 13.9. The van der Waals surface area contributed by atoms with Gasteiger partial charge in [-0.05, 0) is 43.2 Å². The molecule has 3 rings (SSSR count). The first-order chi connectivity index (χ1) is 11.4. The SMILES string of the molecule is Cc1c(Cl)cccc1N(C(=O)c1ccccc1)C1CCS(=O)(=O)C1. The number of halogens is 1. The fraction of sp³-hybridized carbons (Fsp3) is 0.278. The molecular formula is C18H18ClNO3S. The molecule has 0 bridgehead atoms. The van der Waals surface area contributed by atoms with Crippen molar-refractivity contribution in [3.63, 3.8) is 0 Å². The van der Waals surface area contributed by atoms with E-state index < -0.39 is 9.84 Å². The molecule has 0 aromatic heterocycles. The summed E-state index contributed by atoms with van der Waals surface area (Å²) in [7, 11) is -3.11. The van der Waals surface area contributed by atoms with Gasteiger partial charge in [0.15, 0.2) is 9.84 Å². The zero-order valence-corrected chi connectivity index (χ0v) is 14.8. The molecular weight excluding hydrogens is 346 g/mol. The average molecular weight is 364 g/mol. The molecule has 6 heteroatoms. The van der Waals surface area contributed by atoms with Crippen molar-refractivity contribution >= 4 is 33.0 Å². The summed E-state index contributed by atoms with van der Waals surface area (Å²) in [6.07, 6.45) is 0.437. The molecule has 0 aliphatic carbocycles. The van der Waals surface area contributed by atoms with Crippen LogP contribution in [0.4, 0.5) is 5.69 Å². The Kier molecular flexibility index (Phi) is 4.65. The fourth-order valence-electron chi connectivity index (χ4n) is 3.03. The Morgan fingerprint density at radius 3 is 2.46 bits per heavy atom. The van der Waals surface area contributed by atoms with Crippen LogP contribution in [0.5, 0.6) is 0 Å². The van der Waals surface area contributed by atoms with Gasteiger partial charge in [0.2, 0.25) is 0 Å². The number of amides is 1. The lowest BCUT2D eigenvalue weighted by Crippen LogP contribution is -2.41. The molecule has 126 valence electrons. The van der Waals surface area contributed by atoms with Gasteiger partial charge in [-0.2, -0.15) is 0 Å². The Morgan fingerprint density at radius 1 is 1.12 bits per heavy atom. The summed E-state index contributed by atoms with van der Waals surface area (Å²) < 4.78 is 23.8. The van der Waals surface area contributed by atoms with Crippen molar-refractivity contribution in [1.82, 2.24) is 0 Å². The van der Waals surface area contributed by atoms with E-state index in [4.69, 9.17) is 11.6 Å². The van der Waals surface area contributed by atoms with E-state index in [2.05, 4.69) is 0 Å². The maximum absolute atomic E-state index is 13.1. The van der Waals surface area contributed by atoms with E-state index in [0.717, 1.165) is 5.56 Å². The van der Waals surface area contributed by atoms with Crippen LogP contribution in [0.15, 0.2) is 48.5 Å². The number of anilines is 1. The highest BCUT2D eigenvalue weighted by Gasteiger charge is 2.36.